The molecule has 0 spiro atoms. The zero-order valence-electron chi connectivity index (χ0n) is 15.4. The van der Waals surface area contributed by atoms with Crippen molar-refractivity contribution in [1.82, 2.24) is 9.91 Å². The number of hydrogen-bond acceptors (Lipinski definition) is 5. The van der Waals surface area contributed by atoms with Crippen LogP contribution in [-0.2, 0) is 0 Å². The van der Waals surface area contributed by atoms with Crippen LogP contribution in [0.5, 0.6) is 5.75 Å². The average molecular weight is 429 g/mol. The van der Waals surface area contributed by atoms with Crippen molar-refractivity contribution in [3.8, 4) is 11.9 Å². The number of aliphatic imine (C=N–C) groups is 1. The number of nitrogens with two attached hydrogens (primary N) is 1. The van der Waals surface area contributed by atoms with Gasteiger partial charge in [0.05, 0.1) is 31.4 Å². The molecule has 2 aromatic carbocycles. The largest absolute Gasteiger partial charge is 0.487 e. The molecular weight excluding hydrogens is 411 g/mol. The maximum atomic E-state index is 9.14. The van der Waals surface area contributed by atoms with Gasteiger partial charge in [-0.15, -0.1) is 4.99 Å². The molecule has 1 saturated heterocycles. The average Bonchev–Trinajstić information content (AvgIpc) is 3.06. The maximum absolute atomic E-state index is 9.14. The fourth-order valence-corrected chi connectivity index (χ4v) is 3.51. The molecule has 0 radical (unpaired) electrons. The zero-order valence-corrected chi connectivity index (χ0v) is 16.9. The van der Waals surface area contributed by atoms with Gasteiger partial charge in [-0.05, 0) is 42.0 Å². The van der Waals surface area contributed by atoms with E-state index >= 15 is 0 Å². The Labute approximate surface area is 178 Å². The SMILES string of the molecule is N#CN=C(N1CC(Oc2ccc(Cl)cc2)C1)N1CC(N)C(c2ccc(Cl)cc2)=N1. The van der Waals surface area contributed by atoms with Gasteiger partial charge in [0.1, 0.15) is 11.9 Å². The minimum absolute atomic E-state index is 0.00365. The Balaban J connectivity index is 1.44. The molecule has 4 rings (SSSR count). The first-order valence-electron chi connectivity index (χ1n) is 9.05. The zero-order chi connectivity index (χ0) is 20.4. The van der Waals surface area contributed by atoms with E-state index in [0.717, 1.165) is 17.0 Å². The molecule has 1 unspecified atom stereocenters. The van der Waals surface area contributed by atoms with Crippen LogP contribution in [0.15, 0.2) is 58.6 Å². The number of halogens is 2. The lowest BCUT2D eigenvalue weighted by molar-refractivity contribution is 0.0588. The van der Waals surface area contributed by atoms with Crippen molar-refractivity contribution in [3.63, 3.8) is 0 Å². The van der Waals surface area contributed by atoms with E-state index in [0.29, 0.717) is 35.6 Å². The second-order valence-corrected chi connectivity index (χ2v) is 7.66. The van der Waals surface area contributed by atoms with Crippen LogP contribution in [0.3, 0.4) is 0 Å². The van der Waals surface area contributed by atoms with Gasteiger partial charge in [-0.1, -0.05) is 35.3 Å². The lowest BCUT2D eigenvalue weighted by Crippen LogP contribution is -2.59. The standard InChI is InChI=1S/C20H18Cl2N6O/c21-14-3-1-13(2-4-14)19-18(24)11-28(26-19)20(25-12-23)27-9-17(10-27)29-16-7-5-15(22)6-8-16/h1-8,17-18H,9-11,24H2. The van der Waals surface area contributed by atoms with Crippen LogP contribution in [0.2, 0.25) is 10.0 Å². The third-order valence-corrected chi connectivity index (χ3v) is 5.22. The van der Waals surface area contributed by atoms with Crippen LogP contribution in [0, 0.1) is 11.5 Å². The Morgan fingerprint density at radius 3 is 2.31 bits per heavy atom. The summed E-state index contributed by atoms with van der Waals surface area (Å²) in [7, 11) is 0. The third-order valence-electron chi connectivity index (χ3n) is 4.72. The Morgan fingerprint density at radius 2 is 1.69 bits per heavy atom. The summed E-state index contributed by atoms with van der Waals surface area (Å²) in [4.78, 5) is 5.92. The second kappa shape index (κ2) is 8.29. The monoisotopic (exact) mass is 428 g/mol. The van der Waals surface area contributed by atoms with Crippen molar-refractivity contribution in [1.29, 1.82) is 5.26 Å². The molecule has 2 aliphatic rings. The van der Waals surface area contributed by atoms with Crippen LogP contribution in [0.25, 0.3) is 0 Å². The van der Waals surface area contributed by atoms with E-state index in [1.807, 2.05) is 35.4 Å². The summed E-state index contributed by atoms with van der Waals surface area (Å²) in [6, 6.07) is 14.3. The van der Waals surface area contributed by atoms with Gasteiger partial charge in [-0.2, -0.15) is 10.4 Å². The second-order valence-electron chi connectivity index (χ2n) is 6.79. The predicted octanol–water partition coefficient (Wildman–Crippen LogP) is 2.94. The number of benzene rings is 2. The lowest BCUT2D eigenvalue weighted by atomic mass is 10.1. The van der Waals surface area contributed by atoms with E-state index in [-0.39, 0.29) is 12.1 Å². The van der Waals surface area contributed by atoms with Crippen molar-refractivity contribution in [2.45, 2.75) is 12.1 Å². The van der Waals surface area contributed by atoms with Gasteiger partial charge in [-0.25, -0.2) is 5.01 Å². The molecule has 0 aromatic heterocycles. The first-order valence-corrected chi connectivity index (χ1v) is 9.80. The Hall–Kier alpha value is -2.79. The molecule has 7 nitrogen and oxygen atoms in total. The highest BCUT2D eigenvalue weighted by atomic mass is 35.5. The summed E-state index contributed by atoms with van der Waals surface area (Å²) in [6.07, 6.45) is 1.86. The summed E-state index contributed by atoms with van der Waals surface area (Å²) in [5.41, 5.74) is 7.91. The highest BCUT2D eigenvalue weighted by molar-refractivity contribution is 6.31. The Bertz CT molecular complexity index is 978. The maximum Gasteiger partial charge on any atom is 0.233 e. The molecule has 2 aliphatic heterocycles. The molecule has 9 heteroatoms. The summed E-state index contributed by atoms with van der Waals surface area (Å²) in [5.74, 6) is 1.23. The van der Waals surface area contributed by atoms with Crippen LogP contribution < -0.4 is 10.5 Å². The van der Waals surface area contributed by atoms with E-state index in [4.69, 9.17) is 38.9 Å². The molecular formula is C20H18Cl2N6O. The minimum Gasteiger partial charge on any atom is -0.487 e. The number of rotatable bonds is 3. The fraction of sp³-hybridized carbons (Fsp3) is 0.250. The van der Waals surface area contributed by atoms with Crippen molar-refractivity contribution < 1.29 is 4.74 Å². The minimum atomic E-state index is -0.289. The summed E-state index contributed by atoms with van der Waals surface area (Å²) < 4.78 is 5.92. The molecule has 0 aliphatic carbocycles. The van der Waals surface area contributed by atoms with Gasteiger partial charge in [0.25, 0.3) is 0 Å². The molecule has 2 aromatic rings. The van der Waals surface area contributed by atoms with E-state index in [1.165, 1.54) is 0 Å². The Kier molecular flexibility index (Phi) is 5.58. The molecule has 0 saturated carbocycles. The fourth-order valence-electron chi connectivity index (χ4n) is 3.25. The van der Waals surface area contributed by atoms with Crippen LogP contribution in [0.1, 0.15) is 5.56 Å². The van der Waals surface area contributed by atoms with Crippen LogP contribution in [0.4, 0.5) is 0 Å². The summed E-state index contributed by atoms with van der Waals surface area (Å²) in [5, 5.41) is 16.7. The van der Waals surface area contributed by atoms with Gasteiger partial charge >= 0.3 is 0 Å². The number of ether oxygens (including phenoxy) is 1. The number of hydrazone groups is 1. The van der Waals surface area contributed by atoms with Crippen molar-refractivity contribution in [2.75, 3.05) is 19.6 Å². The highest BCUT2D eigenvalue weighted by Gasteiger charge is 2.37. The van der Waals surface area contributed by atoms with Crippen LogP contribution >= 0.6 is 23.2 Å². The Morgan fingerprint density at radius 1 is 1.07 bits per heavy atom. The summed E-state index contributed by atoms with van der Waals surface area (Å²) >= 11 is 11.9. The molecule has 0 amide bonds. The number of nitriles is 1. The van der Waals surface area contributed by atoms with Gasteiger partial charge in [-0.3, -0.25) is 0 Å². The highest BCUT2D eigenvalue weighted by Crippen LogP contribution is 2.23. The molecule has 2 N–H and O–H groups in total. The predicted molar refractivity (Wildman–Crippen MR) is 113 cm³/mol. The normalized spacial score (nSPS) is 19.6. The van der Waals surface area contributed by atoms with Gasteiger partial charge in [0.15, 0.2) is 0 Å². The smallest absolute Gasteiger partial charge is 0.233 e. The van der Waals surface area contributed by atoms with Gasteiger partial charge < -0.3 is 15.4 Å². The van der Waals surface area contributed by atoms with Crippen molar-refractivity contribution in [3.05, 3.63) is 64.1 Å². The van der Waals surface area contributed by atoms with E-state index < -0.39 is 0 Å². The quantitative estimate of drug-likeness (QED) is 0.460. The molecule has 1 atom stereocenters. The molecule has 148 valence electrons. The number of likely N-dealkylation sites (tertiary alicyclic amines) is 1. The molecule has 0 bridgehead atoms. The lowest BCUT2D eigenvalue weighted by Gasteiger charge is -2.41. The van der Waals surface area contributed by atoms with E-state index in [2.05, 4.69) is 10.1 Å². The first-order chi connectivity index (χ1) is 14.0. The molecule has 29 heavy (non-hydrogen) atoms. The van der Waals surface area contributed by atoms with Gasteiger partial charge in [0.2, 0.25) is 12.2 Å². The molecule has 2 heterocycles. The number of hydrogen-bond donors (Lipinski definition) is 1. The number of guanidine groups is 1. The summed E-state index contributed by atoms with van der Waals surface area (Å²) in [6.45, 7) is 1.64. The number of nitrogens with zero attached hydrogens (tertiary/aromatic N) is 5. The van der Waals surface area contributed by atoms with Gasteiger partial charge in [0, 0.05) is 10.0 Å². The van der Waals surface area contributed by atoms with Crippen molar-refractivity contribution >= 4 is 34.9 Å². The van der Waals surface area contributed by atoms with E-state index in [1.54, 1.807) is 29.3 Å². The topological polar surface area (TPSA) is 90.2 Å². The third kappa shape index (κ3) is 4.30. The van der Waals surface area contributed by atoms with E-state index in [9.17, 15) is 0 Å². The first kappa shape index (κ1) is 19.5. The molecule has 1 fully saturated rings. The van der Waals surface area contributed by atoms with Crippen LogP contribution in [-0.4, -0.2) is 53.4 Å². The van der Waals surface area contributed by atoms with Crippen molar-refractivity contribution in [2.24, 2.45) is 15.8 Å².